The van der Waals surface area contributed by atoms with Gasteiger partial charge >= 0.3 is 0 Å². The van der Waals surface area contributed by atoms with Crippen molar-refractivity contribution in [1.82, 2.24) is 9.80 Å². The molecule has 6 nitrogen and oxygen atoms in total. The Balaban J connectivity index is 1.43. The molecule has 2 aliphatic rings. The van der Waals surface area contributed by atoms with Crippen LogP contribution in [0.5, 0.6) is 0 Å². The van der Waals surface area contributed by atoms with E-state index >= 15 is 0 Å². The maximum Gasteiger partial charge on any atom is 0.290 e. The SMILES string of the molecule is CN(C)c1ccc(CN2C[C@@H]3OCCN(C(=O)c4ccco4)[C@@H]3C2)cc1. The van der Waals surface area contributed by atoms with Crippen LogP contribution in [0.4, 0.5) is 5.69 Å². The van der Waals surface area contributed by atoms with Crippen molar-refractivity contribution >= 4 is 11.6 Å². The normalized spacial score (nSPS) is 23.1. The zero-order chi connectivity index (χ0) is 18.1. The number of amides is 1. The number of hydrogen-bond donors (Lipinski definition) is 0. The van der Waals surface area contributed by atoms with Crippen LogP contribution in [0.1, 0.15) is 16.1 Å². The fourth-order valence-corrected chi connectivity index (χ4v) is 3.84. The number of carbonyl (C=O) groups excluding carboxylic acids is 1. The lowest BCUT2D eigenvalue weighted by atomic mass is 10.1. The summed E-state index contributed by atoms with van der Waals surface area (Å²) in [7, 11) is 4.09. The summed E-state index contributed by atoms with van der Waals surface area (Å²) in [5.74, 6) is 0.369. The Hall–Kier alpha value is -2.31. The molecule has 2 fully saturated rings. The van der Waals surface area contributed by atoms with Gasteiger partial charge < -0.3 is 19.0 Å². The molecule has 1 aromatic heterocycles. The quantitative estimate of drug-likeness (QED) is 0.840. The molecule has 1 aromatic carbocycles. The molecule has 6 heteroatoms. The van der Waals surface area contributed by atoms with E-state index in [0.29, 0.717) is 18.9 Å². The highest BCUT2D eigenvalue weighted by Gasteiger charge is 2.42. The lowest BCUT2D eigenvalue weighted by Gasteiger charge is -2.36. The molecule has 3 heterocycles. The van der Waals surface area contributed by atoms with Crippen molar-refractivity contribution in [2.24, 2.45) is 0 Å². The fourth-order valence-electron chi connectivity index (χ4n) is 3.84. The maximum absolute atomic E-state index is 12.7. The molecule has 0 saturated carbocycles. The van der Waals surface area contributed by atoms with Crippen LogP contribution >= 0.6 is 0 Å². The van der Waals surface area contributed by atoms with Crippen LogP contribution in [0.15, 0.2) is 47.1 Å². The van der Waals surface area contributed by atoms with Gasteiger partial charge in [-0.25, -0.2) is 0 Å². The first-order chi connectivity index (χ1) is 12.6. The minimum atomic E-state index is -0.0366. The summed E-state index contributed by atoms with van der Waals surface area (Å²) in [6.45, 7) is 3.74. The van der Waals surface area contributed by atoms with Gasteiger partial charge in [-0.05, 0) is 29.8 Å². The van der Waals surface area contributed by atoms with E-state index < -0.39 is 0 Å². The molecule has 2 atom stereocenters. The van der Waals surface area contributed by atoms with Gasteiger partial charge in [-0.1, -0.05) is 12.1 Å². The fraction of sp³-hybridized carbons (Fsp3) is 0.450. The highest BCUT2D eigenvalue weighted by molar-refractivity contribution is 5.91. The van der Waals surface area contributed by atoms with Crippen molar-refractivity contribution in [2.75, 3.05) is 45.2 Å². The molecule has 0 bridgehead atoms. The highest BCUT2D eigenvalue weighted by atomic mass is 16.5. The number of likely N-dealkylation sites (tertiary alicyclic amines) is 1. The average Bonchev–Trinajstić information content (AvgIpc) is 3.30. The van der Waals surface area contributed by atoms with Gasteiger partial charge in [-0.15, -0.1) is 0 Å². The predicted octanol–water partition coefficient (Wildman–Crippen LogP) is 2.07. The van der Waals surface area contributed by atoms with Crippen LogP contribution in [0.2, 0.25) is 0 Å². The predicted molar refractivity (Wildman–Crippen MR) is 99.3 cm³/mol. The summed E-state index contributed by atoms with van der Waals surface area (Å²) in [5.41, 5.74) is 2.47. The van der Waals surface area contributed by atoms with Crippen LogP contribution in [0, 0.1) is 0 Å². The highest BCUT2D eigenvalue weighted by Crippen LogP contribution is 2.26. The molecule has 2 aliphatic heterocycles. The van der Waals surface area contributed by atoms with Crippen molar-refractivity contribution in [3.63, 3.8) is 0 Å². The van der Waals surface area contributed by atoms with E-state index in [0.717, 1.165) is 19.6 Å². The number of morpholine rings is 1. The Labute approximate surface area is 153 Å². The summed E-state index contributed by atoms with van der Waals surface area (Å²) in [5, 5.41) is 0. The van der Waals surface area contributed by atoms with E-state index in [-0.39, 0.29) is 18.1 Å². The first-order valence-corrected chi connectivity index (χ1v) is 9.06. The molecule has 2 saturated heterocycles. The van der Waals surface area contributed by atoms with E-state index in [1.807, 2.05) is 19.0 Å². The Morgan fingerprint density at radius 2 is 2.00 bits per heavy atom. The molecule has 0 unspecified atom stereocenters. The number of carbonyl (C=O) groups is 1. The molecule has 0 radical (unpaired) electrons. The smallest absolute Gasteiger partial charge is 0.290 e. The number of nitrogens with zero attached hydrogens (tertiary/aromatic N) is 3. The number of benzene rings is 1. The van der Waals surface area contributed by atoms with Gasteiger partial charge in [-0.2, -0.15) is 0 Å². The number of ether oxygens (including phenoxy) is 1. The molecule has 4 rings (SSSR count). The van der Waals surface area contributed by atoms with Crippen LogP contribution in [-0.2, 0) is 11.3 Å². The number of anilines is 1. The van der Waals surface area contributed by atoms with Crippen LogP contribution in [0.25, 0.3) is 0 Å². The van der Waals surface area contributed by atoms with Crippen LogP contribution < -0.4 is 4.90 Å². The Morgan fingerprint density at radius 1 is 1.19 bits per heavy atom. The summed E-state index contributed by atoms with van der Waals surface area (Å²) in [4.78, 5) is 19.1. The lowest BCUT2D eigenvalue weighted by molar-refractivity contribution is -0.0380. The molecule has 0 N–H and O–H groups in total. The van der Waals surface area contributed by atoms with Crippen molar-refractivity contribution in [1.29, 1.82) is 0 Å². The molecule has 0 aliphatic carbocycles. The average molecular weight is 355 g/mol. The summed E-state index contributed by atoms with van der Waals surface area (Å²) >= 11 is 0. The van der Waals surface area contributed by atoms with Gasteiger partial charge in [0.05, 0.1) is 25.0 Å². The van der Waals surface area contributed by atoms with Crippen molar-refractivity contribution in [3.8, 4) is 0 Å². The second-order valence-corrected chi connectivity index (χ2v) is 7.21. The van der Waals surface area contributed by atoms with Crippen molar-refractivity contribution in [3.05, 3.63) is 54.0 Å². The van der Waals surface area contributed by atoms with Gasteiger partial charge in [-0.3, -0.25) is 9.69 Å². The van der Waals surface area contributed by atoms with E-state index in [1.165, 1.54) is 11.3 Å². The zero-order valence-corrected chi connectivity index (χ0v) is 15.3. The van der Waals surface area contributed by atoms with Crippen molar-refractivity contribution < 1.29 is 13.9 Å². The third-order valence-electron chi connectivity index (χ3n) is 5.23. The number of fused-ring (bicyclic) bond motifs is 1. The molecule has 2 aromatic rings. The lowest BCUT2D eigenvalue weighted by Crippen LogP contribution is -2.53. The third-order valence-corrected chi connectivity index (χ3v) is 5.23. The molecule has 0 spiro atoms. The molecular formula is C20H25N3O3. The molecule has 26 heavy (non-hydrogen) atoms. The Kier molecular flexibility index (Phi) is 4.70. The van der Waals surface area contributed by atoms with E-state index in [2.05, 4.69) is 34.1 Å². The van der Waals surface area contributed by atoms with Gasteiger partial charge in [0.1, 0.15) is 0 Å². The van der Waals surface area contributed by atoms with Gasteiger partial charge in [0.25, 0.3) is 5.91 Å². The summed E-state index contributed by atoms with van der Waals surface area (Å²) < 4.78 is 11.2. The first kappa shape index (κ1) is 17.1. The van der Waals surface area contributed by atoms with Crippen LogP contribution in [0.3, 0.4) is 0 Å². The standard InChI is InChI=1S/C20H25N3O3/c1-21(2)16-7-5-15(6-8-16)12-22-13-17-19(14-22)26-11-9-23(17)20(24)18-4-3-10-25-18/h3-8,10,17,19H,9,11-14H2,1-2H3/t17-,19+/m1/s1. The minimum Gasteiger partial charge on any atom is -0.459 e. The van der Waals surface area contributed by atoms with E-state index in [1.54, 1.807) is 18.4 Å². The van der Waals surface area contributed by atoms with Crippen LogP contribution in [-0.4, -0.2) is 68.2 Å². The monoisotopic (exact) mass is 355 g/mol. The maximum atomic E-state index is 12.7. The summed E-state index contributed by atoms with van der Waals surface area (Å²) in [6, 6.07) is 12.2. The molecule has 138 valence electrons. The third kappa shape index (κ3) is 3.34. The molecular weight excluding hydrogens is 330 g/mol. The van der Waals surface area contributed by atoms with Gasteiger partial charge in [0.2, 0.25) is 0 Å². The first-order valence-electron chi connectivity index (χ1n) is 9.06. The Morgan fingerprint density at radius 3 is 2.69 bits per heavy atom. The van der Waals surface area contributed by atoms with Gasteiger partial charge in [0, 0.05) is 46.0 Å². The second-order valence-electron chi connectivity index (χ2n) is 7.21. The summed E-state index contributed by atoms with van der Waals surface area (Å²) in [6.07, 6.45) is 1.62. The topological polar surface area (TPSA) is 49.2 Å². The number of rotatable bonds is 4. The van der Waals surface area contributed by atoms with E-state index in [9.17, 15) is 4.79 Å². The van der Waals surface area contributed by atoms with Gasteiger partial charge in [0.15, 0.2) is 5.76 Å². The number of hydrogen-bond acceptors (Lipinski definition) is 5. The zero-order valence-electron chi connectivity index (χ0n) is 15.3. The molecule has 1 amide bonds. The number of furan rings is 1. The minimum absolute atomic E-state index is 0.0366. The Bertz CT molecular complexity index is 742. The largest absolute Gasteiger partial charge is 0.459 e. The van der Waals surface area contributed by atoms with Crippen molar-refractivity contribution in [2.45, 2.75) is 18.7 Å². The second kappa shape index (κ2) is 7.13. The van der Waals surface area contributed by atoms with E-state index in [4.69, 9.17) is 9.15 Å².